The molecule has 16 heavy (non-hydrogen) atoms. The Morgan fingerprint density at radius 2 is 1.88 bits per heavy atom. The summed E-state index contributed by atoms with van der Waals surface area (Å²) in [6.07, 6.45) is 0. The normalized spacial score (nSPS) is 12.9. The molecular weight excluding hydrogens is 214 g/mol. The Morgan fingerprint density at radius 1 is 1.12 bits per heavy atom. The molecule has 1 atom stereocenters. The van der Waals surface area contributed by atoms with E-state index < -0.39 is 0 Å². The fourth-order valence-electron chi connectivity index (χ4n) is 1.78. The summed E-state index contributed by atoms with van der Waals surface area (Å²) in [4.78, 5) is 0. The molecule has 1 unspecified atom stereocenters. The monoisotopic (exact) mass is 231 g/mol. The van der Waals surface area contributed by atoms with Crippen molar-refractivity contribution in [2.45, 2.75) is 13.0 Å². The molecule has 84 valence electrons. The van der Waals surface area contributed by atoms with Gasteiger partial charge in [-0.3, -0.25) is 0 Å². The van der Waals surface area contributed by atoms with Crippen LogP contribution in [0.4, 0.5) is 0 Å². The van der Waals surface area contributed by atoms with Crippen molar-refractivity contribution in [1.29, 1.82) is 0 Å². The van der Waals surface area contributed by atoms with Gasteiger partial charge in [0, 0.05) is 11.8 Å². The Hall–Kier alpha value is -0.990. The smallest absolute Gasteiger partial charge is 0.0387 e. The van der Waals surface area contributed by atoms with Gasteiger partial charge in [0.05, 0.1) is 0 Å². The molecule has 0 aliphatic rings. The van der Waals surface area contributed by atoms with Crippen LogP contribution in [0.25, 0.3) is 10.8 Å². The Kier molecular flexibility index (Phi) is 3.86. The second kappa shape index (κ2) is 5.37. The maximum absolute atomic E-state index is 6.15. The molecule has 0 amide bonds. The van der Waals surface area contributed by atoms with Crippen LogP contribution >= 0.6 is 11.8 Å². The van der Waals surface area contributed by atoms with Crippen molar-refractivity contribution in [1.82, 2.24) is 0 Å². The van der Waals surface area contributed by atoms with Gasteiger partial charge in [0.2, 0.25) is 0 Å². The van der Waals surface area contributed by atoms with E-state index in [0.29, 0.717) is 0 Å². The zero-order chi connectivity index (χ0) is 11.4. The second-order valence-electron chi connectivity index (χ2n) is 3.87. The van der Waals surface area contributed by atoms with Gasteiger partial charge in [-0.15, -0.1) is 0 Å². The number of thioether (sulfide) groups is 1. The number of hydrogen-bond donors (Lipinski definition) is 1. The molecule has 0 radical (unpaired) electrons. The third-order valence-electron chi connectivity index (χ3n) is 2.70. The zero-order valence-electron chi connectivity index (χ0n) is 9.52. The van der Waals surface area contributed by atoms with E-state index in [2.05, 4.69) is 49.4 Å². The molecule has 0 heterocycles. The van der Waals surface area contributed by atoms with E-state index in [0.717, 1.165) is 11.5 Å². The van der Waals surface area contributed by atoms with Gasteiger partial charge in [-0.05, 0) is 28.2 Å². The maximum Gasteiger partial charge on any atom is 0.0387 e. The number of hydrogen-bond acceptors (Lipinski definition) is 2. The standard InChI is InChI=1S/C14H17NS/c1-2-16-10-14(15)13-8-7-11-5-3-4-6-12(11)9-13/h3-9,14H,2,10,15H2,1H3. The minimum absolute atomic E-state index is 0.148. The average molecular weight is 231 g/mol. The zero-order valence-corrected chi connectivity index (χ0v) is 10.3. The summed E-state index contributed by atoms with van der Waals surface area (Å²) in [7, 11) is 0. The molecule has 0 aliphatic carbocycles. The molecule has 0 spiro atoms. The van der Waals surface area contributed by atoms with E-state index in [9.17, 15) is 0 Å². The van der Waals surface area contributed by atoms with Gasteiger partial charge < -0.3 is 5.73 Å². The Labute approximate surface area is 101 Å². The molecule has 1 nitrogen and oxygen atoms in total. The predicted molar refractivity (Wildman–Crippen MR) is 73.9 cm³/mol. The van der Waals surface area contributed by atoms with Gasteiger partial charge in [-0.2, -0.15) is 11.8 Å². The molecule has 0 fully saturated rings. The summed E-state index contributed by atoms with van der Waals surface area (Å²) in [5.41, 5.74) is 7.39. The molecule has 0 aliphatic heterocycles. The lowest BCUT2D eigenvalue weighted by Gasteiger charge is -2.11. The van der Waals surface area contributed by atoms with Gasteiger partial charge >= 0.3 is 0 Å². The van der Waals surface area contributed by atoms with E-state index in [4.69, 9.17) is 5.73 Å². The summed E-state index contributed by atoms with van der Waals surface area (Å²) < 4.78 is 0. The minimum Gasteiger partial charge on any atom is -0.323 e. The first kappa shape index (κ1) is 11.5. The highest BCUT2D eigenvalue weighted by atomic mass is 32.2. The molecule has 0 saturated carbocycles. The molecule has 0 aromatic heterocycles. The molecule has 0 bridgehead atoms. The van der Waals surface area contributed by atoms with E-state index in [-0.39, 0.29) is 6.04 Å². The molecule has 2 heteroatoms. The van der Waals surface area contributed by atoms with Gasteiger partial charge in [0.25, 0.3) is 0 Å². The van der Waals surface area contributed by atoms with E-state index in [1.165, 1.54) is 16.3 Å². The average Bonchev–Trinajstić information content (AvgIpc) is 2.35. The fraction of sp³-hybridized carbons (Fsp3) is 0.286. The van der Waals surface area contributed by atoms with Crippen molar-refractivity contribution in [3.05, 3.63) is 48.0 Å². The lowest BCUT2D eigenvalue weighted by Crippen LogP contribution is -2.12. The third-order valence-corrected chi connectivity index (χ3v) is 3.71. The summed E-state index contributed by atoms with van der Waals surface area (Å²) in [5, 5.41) is 2.55. The first-order valence-corrected chi connectivity index (χ1v) is 6.78. The lowest BCUT2D eigenvalue weighted by atomic mass is 10.0. The molecule has 2 rings (SSSR count). The highest BCUT2D eigenvalue weighted by molar-refractivity contribution is 7.99. The topological polar surface area (TPSA) is 26.0 Å². The Bertz CT molecular complexity index is 467. The van der Waals surface area contributed by atoms with Gasteiger partial charge in [-0.1, -0.05) is 43.3 Å². The largest absolute Gasteiger partial charge is 0.323 e. The van der Waals surface area contributed by atoms with Crippen LogP contribution in [-0.4, -0.2) is 11.5 Å². The van der Waals surface area contributed by atoms with Crippen LogP contribution in [0.15, 0.2) is 42.5 Å². The molecule has 2 N–H and O–H groups in total. The van der Waals surface area contributed by atoms with Crippen molar-refractivity contribution in [3.63, 3.8) is 0 Å². The van der Waals surface area contributed by atoms with Crippen LogP contribution < -0.4 is 5.73 Å². The fourth-order valence-corrected chi connectivity index (χ4v) is 2.46. The van der Waals surface area contributed by atoms with Crippen LogP contribution in [0.1, 0.15) is 18.5 Å². The van der Waals surface area contributed by atoms with Crippen LogP contribution in [0.2, 0.25) is 0 Å². The van der Waals surface area contributed by atoms with Crippen molar-refractivity contribution in [2.75, 3.05) is 11.5 Å². The van der Waals surface area contributed by atoms with E-state index in [1.54, 1.807) is 0 Å². The summed E-state index contributed by atoms with van der Waals surface area (Å²) in [6, 6.07) is 15.0. The lowest BCUT2D eigenvalue weighted by molar-refractivity contribution is 0.833. The van der Waals surface area contributed by atoms with Gasteiger partial charge in [0.1, 0.15) is 0 Å². The van der Waals surface area contributed by atoms with Crippen LogP contribution in [0.3, 0.4) is 0 Å². The Morgan fingerprint density at radius 3 is 2.62 bits per heavy atom. The van der Waals surface area contributed by atoms with E-state index in [1.807, 2.05) is 11.8 Å². The SMILES string of the molecule is CCSCC(N)c1ccc2ccccc2c1. The summed E-state index contributed by atoms with van der Waals surface area (Å²) >= 11 is 1.89. The quantitative estimate of drug-likeness (QED) is 0.870. The summed E-state index contributed by atoms with van der Waals surface area (Å²) in [5.74, 6) is 2.12. The first-order valence-electron chi connectivity index (χ1n) is 5.63. The van der Waals surface area contributed by atoms with Crippen LogP contribution in [-0.2, 0) is 0 Å². The van der Waals surface area contributed by atoms with Crippen molar-refractivity contribution >= 4 is 22.5 Å². The number of benzene rings is 2. The minimum atomic E-state index is 0.148. The van der Waals surface area contributed by atoms with Gasteiger partial charge in [0.15, 0.2) is 0 Å². The van der Waals surface area contributed by atoms with E-state index >= 15 is 0 Å². The van der Waals surface area contributed by atoms with Crippen molar-refractivity contribution in [3.8, 4) is 0 Å². The van der Waals surface area contributed by atoms with Crippen molar-refractivity contribution in [2.24, 2.45) is 5.73 Å². The molecule has 0 saturated heterocycles. The summed E-state index contributed by atoms with van der Waals surface area (Å²) in [6.45, 7) is 2.16. The highest BCUT2D eigenvalue weighted by Gasteiger charge is 2.05. The number of nitrogens with two attached hydrogens (primary N) is 1. The number of fused-ring (bicyclic) bond motifs is 1. The van der Waals surface area contributed by atoms with Gasteiger partial charge in [-0.25, -0.2) is 0 Å². The predicted octanol–water partition coefficient (Wildman–Crippen LogP) is 3.59. The molecule has 2 aromatic carbocycles. The molecule has 2 aromatic rings. The number of rotatable bonds is 4. The first-order chi connectivity index (χ1) is 7.81. The third kappa shape index (κ3) is 2.57. The Balaban J connectivity index is 2.25. The van der Waals surface area contributed by atoms with Crippen LogP contribution in [0.5, 0.6) is 0 Å². The molecular formula is C14H17NS. The highest BCUT2D eigenvalue weighted by Crippen LogP contribution is 2.21. The van der Waals surface area contributed by atoms with Crippen molar-refractivity contribution < 1.29 is 0 Å². The second-order valence-corrected chi connectivity index (χ2v) is 5.19. The van der Waals surface area contributed by atoms with Crippen LogP contribution in [0, 0.1) is 0 Å². The maximum atomic E-state index is 6.15.